The molecule has 16 heavy (non-hydrogen) atoms. The molecule has 0 bridgehead atoms. The second-order valence-corrected chi connectivity index (χ2v) is 4.89. The van der Waals surface area contributed by atoms with E-state index in [1.54, 1.807) is 12.1 Å². The van der Waals surface area contributed by atoms with E-state index in [2.05, 4.69) is 28.2 Å². The maximum Gasteiger partial charge on any atom is 0.129 e. The Morgan fingerprint density at radius 2 is 2.31 bits per heavy atom. The summed E-state index contributed by atoms with van der Waals surface area (Å²) in [7, 11) is 0. The maximum absolute atomic E-state index is 13.7. The molecule has 0 aliphatic carbocycles. The van der Waals surface area contributed by atoms with Gasteiger partial charge in [0.25, 0.3) is 0 Å². The van der Waals surface area contributed by atoms with Gasteiger partial charge in [0.05, 0.1) is 12.2 Å². The van der Waals surface area contributed by atoms with Crippen LogP contribution in [-0.2, 0) is 4.74 Å². The molecule has 0 spiro atoms. The minimum atomic E-state index is -0.202. The minimum Gasteiger partial charge on any atom is -0.368 e. The molecule has 1 N–H and O–H groups in total. The zero-order chi connectivity index (χ0) is 11.5. The maximum atomic E-state index is 13.7. The predicted octanol–water partition coefficient (Wildman–Crippen LogP) is 3.03. The third-order valence-corrected chi connectivity index (χ3v) is 3.31. The first-order chi connectivity index (χ1) is 7.70. The molecule has 0 aromatic heterocycles. The highest BCUT2D eigenvalue weighted by atomic mass is 79.9. The van der Waals surface area contributed by atoms with Crippen molar-refractivity contribution in [2.24, 2.45) is 0 Å². The fourth-order valence-electron chi connectivity index (χ4n) is 1.89. The van der Waals surface area contributed by atoms with Crippen LogP contribution in [0.5, 0.6) is 0 Å². The number of rotatable bonds is 2. The second-order valence-electron chi connectivity index (χ2n) is 3.98. The van der Waals surface area contributed by atoms with Gasteiger partial charge < -0.3 is 10.1 Å². The smallest absolute Gasteiger partial charge is 0.129 e. The lowest BCUT2D eigenvalue weighted by Gasteiger charge is -2.30. The molecule has 1 aromatic carbocycles. The summed E-state index contributed by atoms with van der Waals surface area (Å²) in [5, 5.41) is 3.27. The Morgan fingerprint density at radius 1 is 1.50 bits per heavy atom. The van der Waals surface area contributed by atoms with Crippen LogP contribution in [0.2, 0.25) is 0 Å². The first-order valence-corrected chi connectivity index (χ1v) is 6.31. The molecular formula is C12H15BrFNO. The summed E-state index contributed by atoms with van der Waals surface area (Å²) in [6.07, 6.45) is 0.937. The Kier molecular flexibility index (Phi) is 3.95. The fourth-order valence-corrected chi connectivity index (χ4v) is 2.27. The Labute approximate surface area is 103 Å². The van der Waals surface area contributed by atoms with Crippen molar-refractivity contribution >= 4 is 15.9 Å². The molecule has 4 heteroatoms. The van der Waals surface area contributed by atoms with Crippen molar-refractivity contribution in [1.82, 2.24) is 5.32 Å². The normalized spacial score (nSPS) is 25.7. The molecule has 1 fully saturated rings. The molecule has 2 rings (SSSR count). The highest BCUT2D eigenvalue weighted by Gasteiger charge is 2.24. The molecule has 1 saturated heterocycles. The van der Waals surface area contributed by atoms with Gasteiger partial charge in [0, 0.05) is 23.1 Å². The number of halogens is 2. The molecule has 0 saturated carbocycles. The first-order valence-electron chi connectivity index (χ1n) is 5.52. The van der Waals surface area contributed by atoms with Gasteiger partial charge in [0.2, 0.25) is 0 Å². The van der Waals surface area contributed by atoms with Crippen LogP contribution in [0.25, 0.3) is 0 Å². The highest BCUT2D eigenvalue weighted by Crippen LogP contribution is 2.27. The van der Waals surface area contributed by atoms with E-state index in [4.69, 9.17) is 4.74 Å². The van der Waals surface area contributed by atoms with Gasteiger partial charge >= 0.3 is 0 Å². The van der Waals surface area contributed by atoms with Gasteiger partial charge in [-0.1, -0.05) is 22.9 Å². The van der Waals surface area contributed by atoms with E-state index >= 15 is 0 Å². The largest absolute Gasteiger partial charge is 0.368 e. The number of hydrogen-bond donors (Lipinski definition) is 1. The van der Waals surface area contributed by atoms with Crippen LogP contribution >= 0.6 is 15.9 Å². The highest BCUT2D eigenvalue weighted by molar-refractivity contribution is 9.10. The van der Waals surface area contributed by atoms with Gasteiger partial charge in [-0.05, 0) is 24.6 Å². The lowest BCUT2D eigenvalue weighted by molar-refractivity contribution is -0.0415. The van der Waals surface area contributed by atoms with Crippen LogP contribution in [0.3, 0.4) is 0 Å². The van der Waals surface area contributed by atoms with Gasteiger partial charge in [-0.2, -0.15) is 0 Å². The summed E-state index contributed by atoms with van der Waals surface area (Å²) in [5.41, 5.74) is 0.625. The average Bonchev–Trinajstić information content (AvgIpc) is 2.32. The van der Waals surface area contributed by atoms with Crippen LogP contribution in [0.1, 0.15) is 25.0 Å². The van der Waals surface area contributed by atoms with E-state index in [1.807, 2.05) is 0 Å². The van der Waals surface area contributed by atoms with Gasteiger partial charge in [-0.25, -0.2) is 4.39 Å². The number of morpholine rings is 1. The molecule has 2 atom stereocenters. The molecular weight excluding hydrogens is 273 g/mol. The zero-order valence-electron chi connectivity index (χ0n) is 9.17. The monoisotopic (exact) mass is 287 g/mol. The van der Waals surface area contributed by atoms with Crippen LogP contribution in [0.4, 0.5) is 4.39 Å². The van der Waals surface area contributed by atoms with Crippen molar-refractivity contribution in [3.8, 4) is 0 Å². The summed E-state index contributed by atoms with van der Waals surface area (Å²) < 4.78 is 20.4. The van der Waals surface area contributed by atoms with Crippen molar-refractivity contribution in [1.29, 1.82) is 0 Å². The van der Waals surface area contributed by atoms with Crippen LogP contribution in [0, 0.1) is 5.82 Å². The number of ether oxygens (including phenoxy) is 1. The fraction of sp³-hybridized carbons (Fsp3) is 0.500. The number of nitrogens with one attached hydrogen (secondary N) is 1. The summed E-state index contributed by atoms with van der Waals surface area (Å²) in [6, 6.07) is 4.96. The number of benzene rings is 1. The molecule has 1 aromatic rings. The van der Waals surface area contributed by atoms with Crippen molar-refractivity contribution < 1.29 is 9.13 Å². The minimum absolute atomic E-state index is 0.178. The van der Waals surface area contributed by atoms with Gasteiger partial charge in [-0.15, -0.1) is 0 Å². The molecule has 0 radical (unpaired) electrons. The molecule has 1 aliphatic heterocycles. The van der Waals surface area contributed by atoms with E-state index in [0.717, 1.165) is 17.4 Å². The van der Waals surface area contributed by atoms with E-state index < -0.39 is 0 Å². The molecule has 2 unspecified atom stereocenters. The third-order valence-electron chi connectivity index (χ3n) is 2.82. The number of hydrogen-bond acceptors (Lipinski definition) is 2. The van der Waals surface area contributed by atoms with Crippen LogP contribution < -0.4 is 5.32 Å². The Balaban J connectivity index is 2.19. The van der Waals surface area contributed by atoms with Crippen molar-refractivity contribution in [2.45, 2.75) is 25.6 Å². The quantitative estimate of drug-likeness (QED) is 0.903. The van der Waals surface area contributed by atoms with Crippen molar-refractivity contribution in [2.75, 3.05) is 13.1 Å². The van der Waals surface area contributed by atoms with Crippen molar-refractivity contribution in [3.63, 3.8) is 0 Å². The van der Waals surface area contributed by atoms with E-state index in [0.29, 0.717) is 12.1 Å². The Morgan fingerprint density at radius 3 is 3.06 bits per heavy atom. The topological polar surface area (TPSA) is 21.3 Å². The van der Waals surface area contributed by atoms with E-state index in [9.17, 15) is 4.39 Å². The Bertz CT molecular complexity index is 372. The zero-order valence-corrected chi connectivity index (χ0v) is 10.8. The molecule has 2 nitrogen and oxygen atoms in total. The molecule has 1 heterocycles. The van der Waals surface area contributed by atoms with Gasteiger partial charge in [0.1, 0.15) is 5.82 Å². The summed E-state index contributed by atoms with van der Waals surface area (Å²) >= 11 is 3.35. The SMILES string of the molecule is CCC1CNCC(c2cc(Br)ccc2F)O1. The predicted molar refractivity (Wildman–Crippen MR) is 64.9 cm³/mol. The van der Waals surface area contributed by atoms with Crippen LogP contribution in [0.15, 0.2) is 22.7 Å². The molecule has 1 aliphatic rings. The lowest BCUT2D eigenvalue weighted by Crippen LogP contribution is -2.40. The average molecular weight is 288 g/mol. The molecule has 0 amide bonds. The van der Waals surface area contributed by atoms with Crippen molar-refractivity contribution in [3.05, 3.63) is 34.1 Å². The lowest BCUT2D eigenvalue weighted by atomic mass is 10.1. The van der Waals surface area contributed by atoms with E-state index in [1.165, 1.54) is 6.07 Å². The second kappa shape index (κ2) is 5.25. The van der Waals surface area contributed by atoms with Gasteiger partial charge in [0.15, 0.2) is 0 Å². The third kappa shape index (κ3) is 2.62. The van der Waals surface area contributed by atoms with Crippen LogP contribution in [-0.4, -0.2) is 19.2 Å². The van der Waals surface area contributed by atoms with E-state index in [-0.39, 0.29) is 18.0 Å². The summed E-state index contributed by atoms with van der Waals surface area (Å²) in [5.74, 6) is -0.202. The summed E-state index contributed by atoms with van der Waals surface area (Å²) in [6.45, 7) is 3.60. The first kappa shape index (κ1) is 12.0. The van der Waals surface area contributed by atoms with Gasteiger partial charge in [-0.3, -0.25) is 0 Å². The summed E-state index contributed by atoms with van der Waals surface area (Å²) in [4.78, 5) is 0. The standard InChI is InChI=1S/C12H15BrFNO/c1-2-9-6-15-7-12(16-9)10-5-8(13)3-4-11(10)14/h3-5,9,12,15H,2,6-7H2,1H3. The Hall–Kier alpha value is -0.450. The molecule has 88 valence electrons.